The molecular weight excluding hydrogens is 340 g/mol. The van der Waals surface area contributed by atoms with Gasteiger partial charge in [-0.2, -0.15) is 0 Å². The second-order valence-corrected chi connectivity index (χ2v) is 15.0. The molecule has 4 aliphatic carbocycles. The Balaban J connectivity index is 1.69. The highest BCUT2D eigenvalue weighted by atomic mass is 28.4. The first-order valence-electron chi connectivity index (χ1n) is 10.5. The summed E-state index contributed by atoms with van der Waals surface area (Å²) in [6, 6.07) is 0. The molecule has 0 saturated heterocycles. The van der Waals surface area contributed by atoms with Crippen LogP contribution in [0.25, 0.3) is 0 Å². The monoisotopic (exact) mass is 374 g/mol. The number of fused-ring (bicyclic) bond motifs is 5. The zero-order chi connectivity index (χ0) is 18.7. The van der Waals surface area contributed by atoms with Gasteiger partial charge in [0.2, 0.25) is 0 Å². The first-order valence-corrected chi connectivity index (χ1v) is 13.9. The van der Waals surface area contributed by atoms with Crippen molar-refractivity contribution in [1.82, 2.24) is 0 Å². The summed E-state index contributed by atoms with van der Waals surface area (Å²) in [6.07, 6.45) is 9.77. The molecule has 0 bridgehead atoms. The van der Waals surface area contributed by atoms with Gasteiger partial charge in [0.1, 0.15) is 11.6 Å². The van der Waals surface area contributed by atoms with Crippen molar-refractivity contribution in [2.75, 3.05) is 6.61 Å². The maximum absolute atomic E-state index is 12.6. The fourth-order valence-electron chi connectivity index (χ4n) is 6.67. The summed E-state index contributed by atoms with van der Waals surface area (Å²) in [6.45, 7) is 9.80. The molecule has 0 aromatic rings. The average Bonchev–Trinajstić information content (AvgIpc) is 2.88. The Morgan fingerprint density at radius 1 is 1.12 bits per heavy atom. The number of rotatable bonds is 3. The SMILES string of the molecule is C[C@]12CC[C@H]3[C@@H](CC=C4CC(=O)CC[C@@]43CO[Si](C)(C)C)[C@@H]1CCC2=O. The van der Waals surface area contributed by atoms with E-state index >= 15 is 0 Å². The van der Waals surface area contributed by atoms with E-state index in [0.717, 1.165) is 45.1 Å². The normalized spacial score (nSPS) is 42.8. The Hall–Kier alpha value is -0.743. The lowest BCUT2D eigenvalue weighted by Gasteiger charge is -2.57. The average molecular weight is 375 g/mol. The van der Waals surface area contributed by atoms with Gasteiger partial charge in [-0.05, 0) is 69.5 Å². The molecule has 0 N–H and O–H groups in total. The zero-order valence-electron chi connectivity index (χ0n) is 16.9. The lowest BCUT2D eigenvalue weighted by molar-refractivity contribution is -0.133. The fraction of sp³-hybridized carbons (Fsp3) is 0.818. The number of ketones is 2. The van der Waals surface area contributed by atoms with E-state index in [1.807, 2.05) is 0 Å². The number of hydrogen-bond donors (Lipinski definition) is 0. The molecule has 5 atom stereocenters. The van der Waals surface area contributed by atoms with Gasteiger partial charge in [-0.3, -0.25) is 9.59 Å². The maximum Gasteiger partial charge on any atom is 0.183 e. The van der Waals surface area contributed by atoms with Crippen LogP contribution in [0.15, 0.2) is 11.6 Å². The molecule has 0 aromatic carbocycles. The van der Waals surface area contributed by atoms with E-state index in [1.165, 1.54) is 5.57 Å². The van der Waals surface area contributed by atoms with Crippen molar-refractivity contribution in [3.8, 4) is 0 Å². The molecule has 0 aliphatic heterocycles. The highest BCUT2D eigenvalue weighted by Crippen LogP contribution is 2.64. The quantitative estimate of drug-likeness (QED) is 0.520. The number of carbonyl (C=O) groups excluding carboxylic acids is 2. The predicted octanol–water partition coefficient (Wildman–Crippen LogP) is 4.92. The van der Waals surface area contributed by atoms with Gasteiger partial charge in [-0.25, -0.2) is 0 Å². The molecule has 0 spiro atoms. The third kappa shape index (κ3) is 2.79. The molecule has 4 heteroatoms. The summed E-state index contributed by atoms with van der Waals surface area (Å²) in [7, 11) is -1.61. The second kappa shape index (κ2) is 6.13. The topological polar surface area (TPSA) is 43.4 Å². The number of allylic oxidation sites excluding steroid dienone is 1. The summed E-state index contributed by atoms with van der Waals surface area (Å²) in [5, 5.41) is 0. The van der Waals surface area contributed by atoms with E-state index in [2.05, 4.69) is 32.6 Å². The zero-order valence-corrected chi connectivity index (χ0v) is 17.9. The van der Waals surface area contributed by atoms with Gasteiger partial charge in [0.25, 0.3) is 0 Å². The minimum absolute atomic E-state index is 0.0596. The molecule has 4 rings (SSSR count). The number of Topliss-reactive ketones (excluding diaryl/α,β-unsaturated/α-hetero) is 2. The predicted molar refractivity (Wildman–Crippen MR) is 105 cm³/mol. The molecule has 0 heterocycles. The Bertz CT molecular complexity index is 661. The largest absolute Gasteiger partial charge is 0.417 e. The third-order valence-corrected chi connectivity index (χ3v) is 9.14. The van der Waals surface area contributed by atoms with Gasteiger partial charge < -0.3 is 4.43 Å². The molecule has 3 fully saturated rings. The van der Waals surface area contributed by atoms with Crippen molar-refractivity contribution < 1.29 is 14.0 Å². The summed E-state index contributed by atoms with van der Waals surface area (Å²) in [5.41, 5.74) is 1.35. The van der Waals surface area contributed by atoms with Gasteiger partial charge in [-0.1, -0.05) is 18.6 Å². The Morgan fingerprint density at radius 3 is 2.62 bits per heavy atom. The maximum atomic E-state index is 12.6. The fourth-order valence-corrected chi connectivity index (χ4v) is 7.36. The Labute approximate surface area is 159 Å². The van der Waals surface area contributed by atoms with Crippen molar-refractivity contribution in [2.45, 2.75) is 77.9 Å². The highest BCUT2D eigenvalue weighted by Gasteiger charge is 2.60. The molecule has 0 radical (unpaired) electrons. The number of carbonyl (C=O) groups is 2. The lowest BCUT2D eigenvalue weighted by atomic mass is 9.48. The molecule has 144 valence electrons. The third-order valence-electron chi connectivity index (χ3n) is 8.13. The van der Waals surface area contributed by atoms with Crippen LogP contribution in [0.1, 0.15) is 58.3 Å². The molecule has 3 nitrogen and oxygen atoms in total. The van der Waals surface area contributed by atoms with Crippen molar-refractivity contribution in [1.29, 1.82) is 0 Å². The van der Waals surface area contributed by atoms with Crippen LogP contribution in [0.3, 0.4) is 0 Å². The van der Waals surface area contributed by atoms with E-state index < -0.39 is 8.32 Å². The van der Waals surface area contributed by atoms with E-state index in [1.54, 1.807) is 0 Å². The van der Waals surface area contributed by atoms with Crippen molar-refractivity contribution in [3.63, 3.8) is 0 Å². The molecule has 4 aliphatic rings. The van der Waals surface area contributed by atoms with Crippen molar-refractivity contribution in [3.05, 3.63) is 11.6 Å². The summed E-state index contributed by atoms with van der Waals surface area (Å²) >= 11 is 0. The van der Waals surface area contributed by atoms with Gasteiger partial charge in [-0.15, -0.1) is 0 Å². The van der Waals surface area contributed by atoms with Crippen LogP contribution < -0.4 is 0 Å². The standard InChI is InChI=1S/C22H34O3Si/c1-21-11-10-19-17(18(21)7-8-20(21)24)6-5-15-13-16(23)9-12-22(15,19)14-25-26(2,3)4/h5,17-19H,6-14H2,1-4H3/t17-,18-,19-,21-,22+/m0/s1. The van der Waals surface area contributed by atoms with Crippen LogP contribution in [0.2, 0.25) is 19.6 Å². The lowest BCUT2D eigenvalue weighted by Crippen LogP contribution is -2.53. The van der Waals surface area contributed by atoms with Crippen LogP contribution in [0.4, 0.5) is 0 Å². The van der Waals surface area contributed by atoms with Crippen LogP contribution in [0.5, 0.6) is 0 Å². The van der Waals surface area contributed by atoms with Crippen LogP contribution in [-0.2, 0) is 14.0 Å². The minimum atomic E-state index is -1.61. The molecule has 26 heavy (non-hydrogen) atoms. The van der Waals surface area contributed by atoms with Gasteiger partial charge >= 0.3 is 0 Å². The van der Waals surface area contributed by atoms with Gasteiger partial charge in [0, 0.05) is 36.7 Å². The van der Waals surface area contributed by atoms with Crippen LogP contribution in [-0.4, -0.2) is 26.5 Å². The first kappa shape index (κ1) is 18.6. The summed E-state index contributed by atoms with van der Waals surface area (Å²) in [5.74, 6) is 2.63. The van der Waals surface area contributed by atoms with Gasteiger partial charge in [0.15, 0.2) is 8.32 Å². The van der Waals surface area contributed by atoms with Crippen molar-refractivity contribution >= 4 is 19.9 Å². The van der Waals surface area contributed by atoms with Gasteiger partial charge in [0.05, 0.1) is 0 Å². The highest BCUT2D eigenvalue weighted by molar-refractivity contribution is 6.69. The molecule has 0 amide bonds. The van der Waals surface area contributed by atoms with E-state index in [-0.39, 0.29) is 10.8 Å². The Morgan fingerprint density at radius 2 is 1.88 bits per heavy atom. The molecule has 3 saturated carbocycles. The molecule has 0 unspecified atom stereocenters. The van der Waals surface area contributed by atoms with Crippen LogP contribution >= 0.6 is 0 Å². The second-order valence-electron chi connectivity index (χ2n) is 10.5. The van der Waals surface area contributed by atoms with E-state index in [4.69, 9.17) is 4.43 Å². The van der Waals surface area contributed by atoms with E-state index in [0.29, 0.717) is 42.2 Å². The Kier molecular flexibility index (Phi) is 4.39. The molecule has 0 aromatic heterocycles. The molecular formula is C22H34O3Si. The summed E-state index contributed by atoms with van der Waals surface area (Å²) < 4.78 is 6.49. The summed E-state index contributed by atoms with van der Waals surface area (Å²) in [4.78, 5) is 24.8. The number of hydrogen-bond acceptors (Lipinski definition) is 3. The van der Waals surface area contributed by atoms with Crippen LogP contribution in [0, 0.1) is 28.6 Å². The van der Waals surface area contributed by atoms with Crippen molar-refractivity contribution in [2.24, 2.45) is 28.6 Å². The van der Waals surface area contributed by atoms with E-state index in [9.17, 15) is 9.59 Å². The smallest absolute Gasteiger partial charge is 0.183 e. The minimum Gasteiger partial charge on any atom is -0.417 e. The first-order chi connectivity index (χ1) is 12.2.